The number of benzene rings is 1. The summed E-state index contributed by atoms with van der Waals surface area (Å²) in [5.41, 5.74) is 3.46. The van der Waals surface area contributed by atoms with Crippen LogP contribution in [0.4, 0.5) is 5.69 Å². The van der Waals surface area contributed by atoms with E-state index in [0.717, 1.165) is 5.92 Å². The zero-order valence-corrected chi connectivity index (χ0v) is 13.2. The molecule has 1 aliphatic carbocycles. The summed E-state index contributed by atoms with van der Waals surface area (Å²) in [4.78, 5) is 2.63. The molecule has 0 radical (unpaired) electrons. The topological polar surface area (TPSA) is 15.3 Å². The highest BCUT2D eigenvalue weighted by Gasteiger charge is 2.41. The smallest absolute Gasteiger partial charge is 0.0398 e. The largest absolute Gasteiger partial charge is 0.371 e. The summed E-state index contributed by atoms with van der Waals surface area (Å²) in [6.07, 6.45) is 5.26. The van der Waals surface area contributed by atoms with Gasteiger partial charge in [-0.15, -0.1) is 0 Å². The van der Waals surface area contributed by atoms with Gasteiger partial charge in [-0.3, -0.25) is 0 Å². The van der Waals surface area contributed by atoms with Crippen LogP contribution in [0.1, 0.15) is 38.7 Å². The quantitative estimate of drug-likeness (QED) is 0.906. The Labute approximate surface area is 123 Å². The second-order valence-corrected chi connectivity index (χ2v) is 7.23. The van der Waals surface area contributed by atoms with Crippen molar-refractivity contribution in [3.8, 4) is 0 Å². The lowest BCUT2D eigenvalue weighted by atomic mass is 9.84. The molecule has 2 nitrogen and oxygen atoms in total. The summed E-state index contributed by atoms with van der Waals surface area (Å²) in [7, 11) is 2.13. The molecule has 2 atom stereocenters. The molecule has 1 aromatic carbocycles. The molecule has 0 aromatic heterocycles. The number of hydrogen-bond donors (Lipinski definition) is 1. The Kier molecular flexibility index (Phi) is 3.76. The number of hydrogen-bond acceptors (Lipinski definition) is 2. The fourth-order valence-electron chi connectivity index (χ4n) is 4.43. The molecule has 2 heteroatoms. The van der Waals surface area contributed by atoms with Gasteiger partial charge in [0.15, 0.2) is 0 Å². The van der Waals surface area contributed by atoms with Crippen LogP contribution in [0.5, 0.6) is 0 Å². The lowest BCUT2D eigenvalue weighted by molar-refractivity contribution is 0.261. The monoisotopic (exact) mass is 272 g/mol. The Balaban J connectivity index is 1.76. The summed E-state index contributed by atoms with van der Waals surface area (Å²) in [6, 6.07) is 9.62. The lowest BCUT2D eigenvalue weighted by Crippen LogP contribution is -2.45. The molecule has 3 rings (SSSR count). The van der Waals surface area contributed by atoms with Crippen molar-refractivity contribution in [3.05, 3.63) is 29.8 Å². The number of nitrogens with one attached hydrogen (secondary N) is 1. The standard InChI is InChI=1S/C18H28N2/c1-18(2)11-10-15(17(18)19-3)13-20-12-6-8-14-7-4-5-9-16(14)20/h4-5,7,9,15,17,19H,6,8,10-13H2,1-3H3. The molecule has 20 heavy (non-hydrogen) atoms. The van der Waals surface area contributed by atoms with Gasteiger partial charge in [0.1, 0.15) is 0 Å². The summed E-state index contributed by atoms with van der Waals surface area (Å²) in [6.45, 7) is 7.27. The van der Waals surface area contributed by atoms with Crippen LogP contribution >= 0.6 is 0 Å². The number of nitrogens with zero attached hydrogens (tertiary/aromatic N) is 1. The molecule has 1 aliphatic heterocycles. The molecule has 2 unspecified atom stereocenters. The van der Waals surface area contributed by atoms with E-state index in [1.54, 1.807) is 0 Å². The van der Waals surface area contributed by atoms with Gasteiger partial charge in [-0.25, -0.2) is 0 Å². The molecule has 1 saturated carbocycles. The first-order valence-electron chi connectivity index (χ1n) is 8.12. The molecule has 1 aromatic rings. The average Bonchev–Trinajstić information content (AvgIpc) is 2.73. The Morgan fingerprint density at radius 2 is 2.10 bits per heavy atom. The van der Waals surface area contributed by atoms with E-state index in [0.29, 0.717) is 11.5 Å². The van der Waals surface area contributed by atoms with Gasteiger partial charge in [0.05, 0.1) is 0 Å². The summed E-state index contributed by atoms with van der Waals surface area (Å²) in [5, 5.41) is 3.59. The summed E-state index contributed by atoms with van der Waals surface area (Å²) in [5.74, 6) is 0.779. The van der Waals surface area contributed by atoms with Gasteiger partial charge < -0.3 is 10.2 Å². The third-order valence-corrected chi connectivity index (χ3v) is 5.45. The van der Waals surface area contributed by atoms with Gasteiger partial charge in [-0.05, 0) is 55.7 Å². The van der Waals surface area contributed by atoms with Crippen molar-refractivity contribution in [1.82, 2.24) is 5.32 Å². The second-order valence-electron chi connectivity index (χ2n) is 7.23. The average molecular weight is 272 g/mol. The normalized spacial score (nSPS) is 28.4. The van der Waals surface area contributed by atoms with E-state index in [9.17, 15) is 0 Å². The van der Waals surface area contributed by atoms with Crippen LogP contribution in [0, 0.1) is 11.3 Å². The molecule has 0 bridgehead atoms. The number of rotatable bonds is 3. The van der Waals surface area contributed by atoms with E-state index in [1.807, 2.05) is 0 Å². The highest BCUT2D eigenvalue weighted by Crippen LogP contribution is 2.42. The van der Waals surface area contributed by atoms with Gasteiger partial charge in [-0.1, -0.05) is 32.0 Å². The lowest BCUT2D eigenvalue weighted by Gasteiger charge is -2.37. The van der Waals surface area contributed by atoms with Crippen LogP contribution in [0.3, 0.4) is 0 Å². The Morgan fingerprint density at radius 3 is 2.90 bits per heavy atom. The second kappa shape index (κ2) is 5.40. The summed E-state index contributed by atoms with van der Waals surface area (Å²) >= 11 is 0. The van der Waals surface area contributed by atoms with E-state index in [-0.39, 0.29) is 0 Å². The number of anilines is 1. The van der Waals surface area contributed by atoms with Crippen molar-refractivity contribution in [2.75, 3.05) is 25.0 Å². The molecule has 1 N–H and O–H groups in total. The van der Waals surface area contributed by atoms with E-state index < -0.39 is 0 Å². The summed E-state index contributed by atoms with van der Waals surface area (Å²) < 4.78 is 0. The fourth-order valence-corrected chi connectivity index (χ4v) is 4.43. The van der Waals surface area contributed by atoms with Crippen LogP contribution in [-0.4, -0.2) is 26.2 Å². The minimum absolute atomic E-state index is 0.439. The molecule has 1 heterocycles. The zero-order valence-electron chi connectivity index (χ0n) is 13.2. The molecular weight excluding hydrogens is 244 g/mol. The highest BCUT2D eigenvalue weighted by atomic mass is 15.1. The number of aryl methyl sites for hydroxylation is 1. The first kappa shape index (κ1) is 13.9. The molecule has 0 amide bonds. The maximum Gasteiger partial charge on any atom is 0.0398 e. The molecule has 110 valence electrons. The predicted octanol–water partition coefficient (Wildman–Crippen LogP) is 3.46. The molecule has 2 aliphatic rings. The Morgan fingerprint density at radius 1 is 1.30 bits per heavy atom. The SMILES string of the molecule is CNC1C(CN2CCCc3ccccc32)CCC1(C)C. The van der Waals surface area contributed by atoms with Gasteiger partial charge in [0.25, 0.3) is 0 Å². The fraction of sp³-hybridized carbons (Fsp3) is 0.667. The van der Waals surface area contributed by atoms with Crippen molar-refractivity contribution in [3.63, 3.8) is 0 Å². The Bertz CT molecular complexity index is 466. The predicted molar refractivity (Wildman–Crippen MR) is 86.3 cm³/mol. The first-order valence-corrected chi connectivity index (χ1v) is 8.12. The van der Waals surface area contributed by atoms with Crippen LogP contribution in [0.25, 0.3) is 0 Å². The zero-order chi connectivity index (χ0) is 14.2. The van der Waals surface area contributed by atoms with Gasteiger partial charge >= 0.3 is 0 Å². The maximum atomic E-state index is 3.59. The number of para-hydroxylation sites is 1. The Hall–Kier alpha value is -1.02. The van der Waals surface area contributed by atoms with E-state index >= 15 is 0 Å². The molecule has 0 saturated heterocycles. The van der Waals surface area contributed by atoms with Crippen LogP contribution in [0.15, 0.2) is 24.3 Å². The van der Waals surface area contributed by atoms with Gasteiger partial charge in [-0.2, -0.15) is 0 Å². The molecule has 0 spiro atoms. The number of fused-ring (bicyclic) bond motifs is 1. The van der Waals surface area contributed by atoms with Gasteiger partial charge in [0.2, 0.25) is 0 Å². The maximum absolute atomic E-state index is 3.59. The molecular formula is C18H28N2. The van der Waals surface area contributed by atoms with E-state index in [2.05, 4.69) is 55.4 Å². The minimum Gasteiger partial charge on any atom is -0.371 e. The molecule has 1 fully saturated rings. The first-order chi connectivity index (χ1) is 9.62. The van der Waals surface area contributed by atoms with Crippen LogP contribution in [0.2, 0.25) is 0 Å². The van der Waals surface area contributed by atoms with E-state index in [1.165, 1.54) is 50.0 Å². The third kappa shape index (κ3) is 2.46. The van der Waals surface area contributed by atoms with Gasteiger partial charge in [0, 0.05) is 24.8 Å². The van der Waals surface area contributed by atoms with Crippen molar-refractivity contribution in [2.45, 2.75) is 45.6 Å². The third-order valence-electron chi connectivity index (χ3n) is 5.45. The van der Waals surface area contributed by atoms with Crippen molar-refractivity contribution in [1.29, 1.82) is 0 Å². The van der Waals surface area contributed by atoms with Crippen molar-refractivity contribution >= 4 is 5.69 Å². The highest BCUT2D eigenvalue weighted by molar-refractivity contribution is 5.55. The van der Waals surface area contributed by atoms with Crippen molar-refractivity contribution in [2.24, 2.45) is 11.3 Å². The van der Waals surface area contributed by atoms with Crippen molar-refractivity contribution < 1.29 is 0 Å². The minimum atomic E-state index is 0.439. The van der Waals surface area contributed by atoms with E-state index in [4.69, 9.17) is 0 Å². The van der Waals surface area contributed by atoms with Crippen LogP contribution in [-0.2, 0) is 6.42 Å². The van der Waals surface area contributed by atoms with Crippen LogP contribution < -0.4 is 10.2 Å².